The monoisotopic (exact) mass is 439 g/mol. The summed E-state index contributed by atoms with van der Waals surface area (Å²) in [5.41, 5.74) is 1.22. The van der Waals surface area contributed by atoms with Crippen molar-refractivity contribution in [1.29, 1.82) is 0 Å². The minimum atomic E-state index is -0.684. The van der Waals surface area contributed by atoms with Crippen LogP contribution in [0.25, 0.3) is 0 Å². The van der Waals surface area contributed by atoms with Gasteiger partial charge in [-0.1, -0.05) is 24.3 Å². The van der Waals surface area contributed by atoms with E-state index in [2.05, 4.69) is 15.3 Å². The van der Waals surface area contributed by atoms with Crippen LogP contribution in [0, 0.1) is 0 Å². The van der Waals surface area contributed by atoms with Gasteiger partial charge in [-0.15, -0.1) is 0 Å². The minimum Gasteiger partial charge on any atom is -0.501 e. The number of hydrogen-bond acceptors (Lipinski definition) is 8. The maximum atomic E-state index is 12.7. The molecule has 0 unspecified atom stereocenters. The first kappa shape index (κ1) is 22.7. The van der Waals surface area contributed by atoms with Crippen molar-refractivity contribution in [3.63, 3.8) is 0 Å². The number of aromatic nitrogens is 2. The van der Waals surface area contributed by atoms with E-state index in [1.54, 1.807) is 24.3 Å². The van der Waals surface area contributed by atoms with Gasteiger partial charge in [-0.2, -0.15) is 4.98 Å². The van der Waals surface area contributed by atoms with Crippen molar-refractivity contribution in [1.82, 2.24) is 15.3 Å². The number of carbonyl (C=O) groups is 1. The summed E-state index contributed by atoms with van der Waals surface area (Å²) in [6, 6.07) is 12.6. The first-order valence-electron chi connectivity index (χ1n) is 9.95. The summed E-state index contributed by atoms with van der Waals surface area (Å²) >= 11 is 0. The van der Waals surface area contributed by atoms with Crippen molar-refractivity contribution in [3.8, 4) is 28.9 Å². The molecule has 9 heteroatoms. The first-order valence-corrected chi connectivity index (χ1v) is 9.95. The first-order chi connectivity index (χ1) is 15.5. The van der Waals surface area contributed by atoms with E-state index in [0.29, 0.717) is 23.9 Å². The van der Waals surface area contributed by atoms with Gasteiger partial charge in [0, 0.05) is 18.5 Å². The Morgan fingerprint density at radius 3 is 2.47 bits per heavy atom. The van der Waals surface area contributed by atoms with Crippen molar-refractivity contribution in [3.05, 3.63) is 65.1 Å². The van der Waals surface area contributed by atoms with Gasteiger partial charge < -0.3 is 29.7 Å². The van der Waals surface area contributed by atoms with Gasteiger partial charge in [-0.3, -0.25) is 4.79 Å². The number of ether oxygens (including phenoxy) is 3. The number of nitrogens with one attached hydrogen (secondary N) is 1. The van der Waals surface area contributed by atoms with Gasteiger partial charge in [-0.05, 0) is 30.7 Å². The average molecular weight is 439 g/mol. The third-order valence-electron chi connectivity index (χ3n) is 4.65. The summed E-state index contributed by atoms with van der Waals surface area (Å²) in [4.78, 5) is 20.7. The number of nitrogens with zero attached hydrogens (tertiary/aromatic N) is 2. The van der Waals surface area contributed by atoms with Crippen molar-refractivity contribution in [2.24, 2.45) is 0 Å². The van der Waals surface area contributed by atoms with Crippen LogP contribution in [0.2, 0.25) is 0 Å². The van der Waals surface area contributed by atoms with Gasteiger partial charge in [0.2, 0.25) is 5.75 Å². The fraction of sp³-hybridized carbons (Fsp3) is 0.261. The molecule has 0 spiro atoms. The Morgan fingerprint density at radius 1 is 1.00 bits per heavy atom. The Kier molecular flexibility index (Phi) is 7.33. The van der Waals surface area contributed by atoms with E-state index in [1.165, 1.54) is 14.2 Å². The van der Waals surface area contributed by atoms with Crippen molar-refractivity contribution < 1.29 is 29.2 Å². The molecule has 3 rings (SSSR count). The summed E-state index contributed by atoms with van der Waals surface area (Å²) < 4.78 is 16.1. The molecular formula is C23H25N3O6. The van der Waals surface area contributed by atoms with E-state index < -0.39 is 17.5 Å². The molecule has 0 aliphatic heterocycles. The summed E-state index contributed by atoms with van der Waals surface area (Å²) in [6.45, 7) is 2.52. The van der Waals surface area contributed by atoms with Crippen LogP contribution in [0.5, 0.6) is 28.9 Å². The molecule has 0 bridgehead atoms. The lowest BCUT2D eigenvalue weighted by atomic mass is 10.1. The lowest BCUT2D eigenvalue weighted by Crippen LogP contribution is -2.25. The fourth-order valence-corrected chi connectivity index (χ4v) is 3.10. The lowest BCUT2D eigenvalue weighted by molar-refractivity contribution is 0.0941. The molecular weight excluding hydrogens is 414 g/mol. The molecule has 0 atom stereocenters. The molecule has 2 aromatic carbocycles. The number of para-hydroxylation sites is 1. The molecule has 1 heterocycles. The zero-order chi connectivity index (χ0) is 23.1. The van der Waals surface area contributed by atoms with Gasteiger partial charge in [0.05, 0.1) is 20.8 Å². The highest BCUT2D eigenvalue weighted by Gasteiger charge is 2.20. The van der Waals surface area contributed by atoms with Crippen LogP contribution in [0.15, 0.2) is 42.5 Å². The highest BCUT2D eigenvalue weighted by Crippen LogP contribution is 2.30. The predicted octanol–water partition coefficient (Wildman–Crippen LogP) is 2.82. The Bertz CT molecular complexity index is 1100. The van der Waals surface area contributed by atoms with E-state index in [4.69, 9.17) is 14.2 Å². The summed E-state index contributed by atoms with van der Waals surface area (Å²) in [7, 11) is 3.06. The van der Waals surface area contributed by atoms with Crippen LogP contribution < -0.4 is 19.5 Å². The largest absolute Gasteiger partial charge is 0.501 e. The molecule has 0 fully saturated rings. The maximum Gasteiger partial charge on any atom is 0.274 e. The van der Waals surface area contributed by atoms with E-state index in [1.807, 2.05) is 25.1 Å². The molecule has 3 N–H and O–H groups in total. The molecule has 1 aromatic heterocycles. The van der Waals surface area contributed by atoms with Gasteiger partial charge in [0.1, 0.15) is 11.6 Å². The van der Waals surface area contributed by atoms with Crippen LogP contribution in [0.3, 0.4) is 0 Å². The molecule has 0 aliphatic carbocycles. The maximum absolute atomic E-state index is 12.7. The molecule has 0 radical (unpaired) electrons. The van der Waals surface area contributed by atoms with Gasteiger partial charge in [0.15, 0.2) is 17.2 Å². The predicted molar refractivity (Wildman–Crippen MR) is 116 cm³/mol. The molecule has 1 amide bonds. The third-order valence-corrected chi connectivity index (χ3v) is 4.65. The average Bonchev–Trinajstić information content (AvgIpc) is 2.80. The van der Waals surface area contributed by atoms with Crippen LogP contribution >= 0.6 is 0 Å². The Morgan fingerprint density at radius 2 is 1.75 bits per heavy atom. The second kappa shape index (κ2) is 10.3. The zero-order valence-corrected chi connectivity index (χ0v) is 18.1. The number of amides is 1. The van der Waals surface area contributed by atoms with Gasteiger partial charge in [-0.25, -0.2) is 4.98 Å². The molecule has 0 saturated heterocycles. The Balaban J connectivity index is 1.80. The van der Waals surface area contributed by atoms with E-state index in [0.717, 1.165) is 11.1 Å². The van der Waals surface area contributed by atoms with Crippen molar-refractivity contribution >= 4 is 5.91 Å². The highest BCUT2D eigenvalue weighted by atomic mass is 16.5. The number of benzene rings is 2. The minimum absolute atomic E-state index is 0.157. The topological polar surface area (TPSA) is 123 Å². The number of aromatic hydroxyl groups is 2. The summed E-state index contributed by atoms with van der Waals surface area (Å²) in [6.07, 6.45) is 0.196. The zero-order valence-electron chi connectivity index (χ0n) is 18.1. The van der Waals surface area contributed by atoms with E-state index >= 15 is 0 Å². The molecule has 0 aliphatic rings. The Hall–Kier alpha value is -4.01. The molecule has 9 nitrogen and oxygen atoms in total. The number of rotatable bonds is 9. The van der Waals surface area contributed by atoms with Crippen molar-refractivity contribution in [2.75, 3.05) is 20.8 Å². The third kappa shape index (κ3) is 5.18. The lowest BCUT2D eigenvalue weighted by Gasteiger charge is -2.12. The van der Waals surface area contributed by atoms with Crippen LogP contribution in [-0.2, 0) is 13.0 Å². The standard InChI is InChI=1S/C23H25N3O6/c1-4-32-16-8-6-5-7-15(16)13-24-22(28)20-21(27)23(29)26-19(25-20)12-14-9-10-17(30-2)18(11-14)31-3/h5-11,27H,4,12-13H2,1-3H3,(H,24,28)(H,25,26,29). The highest BCUT2D eigenvalue weighted by molar-refractivity contribution is 5.95. The normalized spacial score (nSPS) is 10.5. The second-order valence-electron chi connectivity index (χ2n) is 6.75. The van der Waals surface area contributed by atoms with Crippen LogP contribution in [0.4, 0.5) is 0 Å². The van der Waals surface area contributed by atoms with E-state index in [-0.39, 0.29) is 24.5 Å². The molecule has 168 valence electrons. The van der Waals surface area contributed by atoms with Crippen LogP contribution in [-0.4, -0.2) is 46.9 Å². The summed E-state index contributed by atoms with van der Waals surface area (Å²) in [5.74, 6) is -0.101. The number of hydrogen-bond donors (Lipinski definition) is 3. The Labute approximate surface area is 185 Å². The number of carbonyl (C=O) groups excluding carboxylic acids is 1. The summed E-state index contributed by atoms with van der Waals surface area (Å²) in [5, 5.41) is 22.9. The molecule has 0 saturated carbocycles. The number of methoxy groups -OCH3 is 2. The van der Waals surface area contributed by atoms with Crippen molar-refractivity contribution in [2.45, 2.75) is 19.9 Å². The quantitative estimate of drug-likeness (QED) is 0.465. The second-order valence-corrected chi connectivity index (χ2v) is 6.75. The SMILES string of the molecule is CCOc1ccccc1CNC(=O)c1nc(Cc2ccc(OC)c(OC)c2)nc(O)c1O. The van der Waals surface area contributed by atoms with Gasteiger partial charge >= 0.3 is 0 Å². The molecule has 32 heavy (non-hydrogen) atoms. The smallest absolute Gasteiger partial charge is 0.274 e. The fourth-order valence-electron chi connectivity index (χ4n) is 3.10. The van der Waals surface area contributed by atoms with Gasteiger partial charge in [0.25, 0.3) is 11.8 Å². The van der Waals surface area contributed by atoms with E-state index in [9.17, 15) is 15.0 Å². The van der Waals surface area contributed by atoms with Crippen LogP contribution in [0.1, 0.15) is 34.4 Å². The molecule has 3 aromatic rings.